The molecule has 1 heterocycles. The number of halogens is 3. The summed E-state index contributed by atoms with van der Waals surface area (Å²) in [5.41, 5.74) is 1.50. The van der Waals surface area contributed by atoms with Gasteiger partial charge in [-0.1, -0.05) is 29.8 Å². The molecule has 4 nitrogen and oxygen atoms in total. The van der Waals surface area contributed by atoms with Gasteiger partial charge in [-0.15, -0.1) is 0 Å². The summed E-state index contributed by atoms with van der Waals surface area (Å²) in [5.74, 6) is 0. The fourth-order valence-corrected chi connectivity index (χ4v) is 4.73. The van der Waals surface area contributed by atoms with E-state index < -0.39 is 21.8 Å². The summed E-state index contributed by atoms with van der Waals surface area (Å²) in [6.45, 7) is 4.79. The third-order valence-electron chi connectivity index (χ3n) is 4.89. The summed E-state index contributed by atoms with van der Waals surface area (Å²) in [6, 6.07) is 11.9. The smallest absolute Gasteiger partial charge is 0.298 e. The van der Waals surface area contributed by atoms with E-state index in [1.807, 2.05) is 6.92 Å². The molecule has 2 aromatic carbocycles. The SMILES string of the molecule is Cc1ccc(CN2CCCN(S(=O)(=O)c3ccc(C(F)(F)F)cc3)CC2)cc1. The number of alkyl halides is 3. The zero-order chi connectivity index (χ0) is 20.4. The fraction of sp³-hybridized carbons (Fsp3) is 0.400. The third kappa shape index (κ3) is 4.92. The minimum atomic E-state index is -4.48. The van der Waals surface area contributed by atoms with Gasteiger partial charge in [-0.2, -0.15) is 17.5 Å². The second kappa shape index (κ2) is 8.23. The Morgan fingerprint density at radius 3 is 2.14 bits per heavy atom. The van der Waals surface area contributed by atoms with Crippen LogP contribution in [0.5, 0.6) is 0 Å². The van der Waals surface area contributed by atoms with E-state index in [1.54, 1.807) is 0 Å². The highest BCUT2D eigenvalue weighted by Gasteiger charge is 2.32. The average Bonchev–Trinajstić information content (AvgIpc) is 2.89. The van der Waals surface area contributed by atoms with Crippen molar-refractivity contribution in [3.05, 3.63) is 65.2 Å². The molecule has 0 saturated carbocycles. The molecule has 0 aromatic heterocycles. The highest BCUT2D eigenvalue weighted by atomic mass is 32.2. The molecule has 3 rings (SSSR count). The first kappa shape index (κ1) is 20.8. The third-order valence-corrected chi connectivity index (χ3v) is 6.81. The predicted octanol–water partition coefficient (Wildman–Crippen LogP) is 3.91. The van der Waals surface area contributed by atoms with Gasteiger partial charge in [0.15, 0.2) is 0 Å². The van der Waals surface area contributed by atoms with Gasteiger partial charge in [-0.3, -0.25) is 4.90 Å². The standard InChI is InChI=1S/C20H23F3N2O2S/c1-16-3-5-17(6-4-16)15-24-11-2-12-25(14-13-24)28(26,27)19-9-7-18(8-10-19)20(21,22)23/h3-10H,2,11-15H2,1H3. The molecule has 2 aromatic rings. The lowest BCUT2D eigenvalue weighted by Gasteiger charge is -2.22. The van der Waals surface area contributed by atoms with Crippen molar-refractivity contribution in [3.63, 3.8) is 0 Å². The number of rotatable bonds is 4. The lowest BCUT2D eigenvalue weighted by atomic mass is 10.1. The van der Waals surface area contributed by atoms with Crippen molar-refractivity contribution in [2.24, 2.45) is 0 Å². The molecule has 1 fully saturated rings. The van der Waals surface area contributed by atoms with Crippen molar-refractivity contribution in [1.29, 1.82) is 0 Å². The van der Waals surface area contributed by atoms with Gasteiger partial charge in [-0.25, -0.2) is 8.42 Å². The number of hydrogen-bond acceptors (Lipinski definition) is 3. The first-order valence-corrected chi connectivity index (χ1v) is 10.6. The molecule has 8 heteroatoms. The van der Waals surface area contributed by atoms with E-state index in [1.165, 1.54) is 15.4 Å². The van der Waals surface area contributed by atoms with Crippen molar-refractivity contribution < 1.29 is 21.6 Å². The molecule has 0 N–H and O–H groups in total. The van der Waals surface area contributed by atoms with Crippen LogP contribution < -0.4 is 0 Å². The minimum absolute atomic E-state index is 0.104. The van der Waals surface area contributed by atoms with Gasteiger partial charge in [0, 0.05) is 26.2 Å². The van der Waals surface area contributed by atoms with Crippen LogP contribution in [0.4, 0.5) is 13.2 Å². The molecule has 0 amide bonds. The van der Waals surface area contributed by atoms with Gasteiger partial charge in [-0.05, 0) is 49.7 Å². The number of nitrogens with zero attached hydrogens (tertiary/aromatic N) is 2. The first-order valence-electron chi connectivity index (χ1n) is 9.11. The molecule has 0 spiro atoms. The number of sulfonamides is 1. The van der Waals surface area contributed by atoms with Gasteiger partial charge in [0.25, 0.3) is 0 Å². The maximum Gasteiger partial charge on any atom is 0.416 e. The molecule has 1 aliphatic rings. The van der Waals surface area contributed by atoms with Crippen molar-refractivity contribution >= 4 is 10.0 Å². The lowest BCUT2D eigenvalue weighted by molar-refractivity contribution is -0.137. The molecular formula is C20H23F3N2O2S. The van der Waals surface area contributed by atoms with E-state index in [-0.39, 0.29) is 4.90 Å². The van der Waals surface area contributed by atoms with Gasteiger partial charge >= 0.3 is 6.18 Å². The number of hydrogen-bond donors (Lipinski definition) is 0. The second-order valence-corrected chi connectivity index (χ2v) is 8.98. The molecule has 1 aliphatic heterocycles. The number of benzene rings is 2. The normalized spacial score (nSPS) is 17.4. The average molecular weight is 412 g/mol. The monoisotopic (exact) mass is 412 g/mol. The van der Waals surface area contributed by atoms with Crippen LogP contribution >= 0.6 is 0 Å². The Morgan fingerprint density at radius 1 is 0.893 bits per heavy atom. The fourth-order valence-electron chi connectivity index (χ4n) is 3.26. The van der Waals surface area contributed by atoms with Crippen LogP contribution in [-0.2, 0) is 22.7 Å². The summed E-state index contributed by atoms with van der Waals surface area (Å²) in [5, 5.41) is 0. The first-order chi connectivity index (χ1) is 13.2. The summed E-state index contributed by atoms with van der Waals surface area (Å²) in [7, 11) is -3.81. The quantitative estimate of drug-likeness (QED) is 0.765. The van der Waals surface area contributed by atoms with Crippen LogP contribution in [0.15, 0.2) is 53.4 Å². The summed E-state index contributed by atoms with van der Waals surface area (Å²) in [4.78, 5) is 2.10. The molecule has 28 heavy (non-hydrogen) atoms. The Morgan fingerprint density at radius 2 is 1.54 bits per heavy atom. The lowest BCUT2D eigenvalue weighted by Crippen LogP contribution is -2.35. The van der Waals surface area contributed by atoms with Crippen LogP contribution in [0.3, 0.4) is 0 Å². The minimum Gasteiger partial charge on any atom is -0.298 e. The van der Waals surface area contributed by atoms with E-state index in [4.69, 9.17) is 0 Å². The Bertz CT molecular complexity index is 895. The highest BCUT2D eigenvalue weighted by molar-refractivity contribution is 7.89. The zero-order valence-corrected chi connectivity index (χ0v) is 16.4. The van der Waals surface area contributed by atoms with Crippen LogP contribution in [0.2, 0.25) is 0 Å². The maximum absolute atomic E-state index is 12.8. The van der Waals surface area contributed by atoms with Crippen molar-refractivity contribution in [2.45, 2.75) is 31.0 Å². The molecule has 0 atom stereocenters. The van der Waals surface area contributed by atoms with Gasteiger partial charge in [0.2, 0.25) is 10.0 Å². The Labute approximate surface area is 163 Å². The van der Waals surface area contributed by atoms with Crippen molar-refractivity contribution in [1.82, 2.24) is 9.21 Å². The van der Waals surface area contributed by atoms with Crippen molar-refractivity contribution in [2.75, 3.05) is 26.2 Å². The Balaban J connectivity index is 1.67. The predicted molar refractivity (Wildman–Crippen MR) is 101 cm³/mol. The molecular weight excluding hydrogens is 389 g/mol. The maximum atomic E-state index is 12.8. The highest BCUT2D eigenvalue weighted by Crippen LogP contribution is 2.30. The van der Waals surface area contributed by atoms with E-state index in [0.717, 1.165) is 37.4 Å². The summed E-state index contributed by atoms with van der Waals surface area (Å²) in [6.07, 6.45) is -3.81. The van der Waals surface area contributed by atoms with E-state index in [0.29, 0.717) is 26.1 Å². The largest absolute Gasteiger partial charge is 0.416 e. The molecule has 0 aliphatic carbocycles. The van der Waals surface area contributed by atoms with Gasteiger partial charge in [0.05, 0.1) is 10.5 Å². The van der Waals surface area contributed by atoms with E-state index >= 15 is 0 Å². The van der Waals surface area contributed by atoms with Crippen LogP contribution in [0, 0.1) is 6.92 Å². The zero-order valence-electron chi connectivity index (χ0n) is 15.6. The van der Waals surface area contributed by atoms with E-state index in [2.05, 4.69) is 29.2 Å². The van der Waals surface area contributed by atoms with E-state index in [9.17, 15) is 21.6 Å². The molecule has 0 radical (unpaired) electrons. The molecule has 0 unspecified atom stereocenters. The van der Waals surface area contributed by atoms with Gasteiger partial charge < -0.3 is 0 Å². The van der Waals surface area contributed by atoms with Gasteiger partial charge in [0.1, 0.15) is 0 Å². The molecule has 1 saturated heterocycles. The Kier molecular flexibility index (Phi) is 6.12. The second-order valence-electron chi connectivity index (χ2n) is 7.04. The molecule has 152 valence electrons. The van der Waals surface area contributed by atoms with Crippen LogP contribution in [0.25, 0.3) is 0 Å². The van der Waals surface area contributed by atoms with Crippen molar-refractivity contribution in [3.8, 4) is 0 Å². The van der Waals surface area contributed by atoms with Crippen LogP contribution in [-0.4, -0.2) is 43.8 Å². The topological polar surface area (TPSA) is 40.6 Å². The summed E-state index contributed by atoms with van der Waals surface area (Å²) >= 11 is 0. The molecule has 0 bridgehead atoms. The Hall–Kier alpha value is -1.90. The summed E-state index contributed by atoms with van der Waals surface area (Å²) < 4.78 is 65.1. The van der Waals surface area contributed by atoms with Crippen LogP contribution in [0.1, 0.15) is 23.1 Å². The number of aryl methyl sites for hydroxylation is 1.